The molecule has 0 aliphatic heterocycles. The summed E-state index contributed by atoms with van der Waals surface area (Å²) < 4.78 is 5.41. The third-order valence-corrected chi connectivity index (χ3v) is 2.41. The molecule has 1 aromatic carbocycles. The second-order valence-electron chi connectivity index (χ2n) is 4.79. The van der Waals surface area contributed by atoms with E-state index in [1.54, 1.807) is 0 Å². The van der Waals surface area contributed by atoms with Crippen molar-refractivity contribution < 1.29 is 4.74 Å². The minimum Gasteiger partial charge on any atom is -0.494 e. The Hall–Kier alpha value is -1.83. The van der Waals surface area contributed by atoms with Gasteiger partial charge in [0.2, 0.25) is 0 Å². The van der Waals surface area contributed by atoms with Gasteiger partial charge in [-0.15, -0.1) is 0 Å². The largest absolute Gasteiger partial charge is 0.494 e. The molecular weight excluding hydrogens is 234 g/mol. The average molecular weight is 257 g/mol. The number of hydrogen-bond acceptors (Lipinski definition) is 2. The molecule has 0 heterocycles. The minimum absolute atomic E-state index is 0.687. The SMILES string of the molecule is CCOc1ccc(/N=C(C)/C=C(\C)C=C(C)C)cc1. The molecule has 0 aliphatic rings. The average Bonchev–Trinajstić information content (AvgIpc) is 2.30. The third-order valence-electron chi connectivity index (χ3n) is 2.41. The van der Waals surface area contributed by atoms with Gasteiger partial charge in [0, 0.05) is 5.71 Å². The Morgan fingerprint density at radius 2 is 1.68 bits per heavy atom. The molecule has 1 aromatic rings. The highest BCUT2D eigenvalue weighted by Crippen LogP contribution is 2.18. The normalized spacial score (nSPS) is 12.3. The molecular formula is C17H23NO. The van der Waals surface area contributed by atoms with Gasteiger partial charge in [0.25, 0.3) is 0 Å². The molecule has 0 fully saturated rings. The molecule has 102 valence electrons. The highest BCUT2D eigenvalue weighted by molar-refractivity contribution is 5.95. The van der Waals surface area contributed by atoms with Crippen LogP contribution in [0.5, 0.6) is 5.75 Å². The Morgan fingerprint density at radius 1 is 1.05 bits per heavy atom. The predicted molar refractivity (Wildman–Crippen MR) is 83.6 cm³/mol. The van der Waals surface area contributed by atoms with Crippen LogP contribution in [0.15, 0.2) is 52.6 Å². The summed E-state index contributed by atoms with van der Waals surface area (Å²) in [5.41, 5.74) is 4.45. The monoisotopic (exact) mass is 257 g/mol. The zero-order valence-corrected chi connectivity index (χ0v) is 12.5. The molecule has 0 spiro atoms. The summed E-state index contributed by atoms with van der Waals surface area (Å²) in [5.74, 6) is 0.885. The Kier molecular flexibility index (Phi) is 6.07. The van der Waals surface area contributed by atoms with Gasteiger partial charge in [-0.05, 0) is 70.5 Å². The summed E-state index contributed by atoms with van der Waals surface area (Å²) in [6, 6.07) is 7.84. The van der Waals surface area contributed by atoms with Crippen LogP contribution in [0, 0.1) is 0 Å². The van der Waals surface area contributed by atoms with Gasteiger partial charge in [-0.25, -0.2) is 0 Å². The first-order chi connectivity index (χ1) is 9.01. The fourth-order valence-corrected chi connectivity index (χ4v) is 1.85. The van der Waals surface area contributed by atoms with E-state index >= 15 is 0 Å². The summed E-state index contributed by atoms with van der Waals surface area (Å²) in [4.78, 5) is 4.56. The summed E-state index contributed by atoms with van der Waals surface area (Å²) in [6.07, 6.45) is 4.24. The van der Waals surface area contributed by atoms with E-state index in [9.17, 15) is 0 Å². The molecule has 19 heavy (non-hydrogen) atoms. The van der Waals surface area contributed by atoms with Gasteiger partial charge in [-0.1, -0.05) is 11.6 Å². The van der Waals surface area contributed by atoms with Gasteiger partial charge in [0.15, 0.2) is 0 Å². The van der Waals surface area contributed by atoms with E-state index < -0.39 is 0 Å². The molecule has 0 aromatic heterocycles. The molecule has 0 amide bonds. The Bertz CT molecular complexity index is 488. The summed E-state index contributed by atoms with van der Waals surface area (Å²) in [5, 5.41) is 0. The molecule has 0 saturated heterocycles. The zero-order chi connectivity index (χ0) is 14.3. The summed E-state index contributed by atoms with van der Waals surface area (Å²) >= 11 is 0. The van der Waals surface area contributed by atoms with E-state index in [2.05, 4.69) is 37.9 Å². The number of aliphatic imine (C=N–C) groups is 1. The predicted octanol–water partition coefficient (Wildman–Crippen LogP) is 5.09. The molecule has 1 rings (SSSR count). The first kappa shape index (κ1) is 15.2. The van der Waals surface area contributed by atoms with Gasteiger partial charge < -0.3 is 4.74 Å². The topological polar surface area (TPSA) is 21.6 Å². The first-order valence-electron chi connectivity index (χ1n) is 6.62. The number of benzene rings is 1. The lowest BCUT2D eigenvalue weighted by molar-refractivity contribution is 0.340. The van der Waals surface area contributed by atoms with Crippen molar-refractivity contribution in [2.45, 2.75) is 34.6 Å². The van der Waals surface area contributed by atoms with E-state index in [1.807, 2.05) is 38.1 Å². The van der Waals surface area contributed by atoms with Gasteiger partial charge >= 0.3 is 0 Å². The Morgan fingerprint density at radius 3 is 2.21 bits per heavy atom. The van der Waals surface area contributed by atoms with Crippen LogP contribution in [0.4, 0.5) is 5.69 Å². The van der Waals surface area contributed by atoms with Crippen LogP contribution < -0.4 is 4.74 Å². The smallest absolute Gasteiger partial charge is 0.119 e. The molecule has 0 aliphatic carbocycles. The third kappa shape index (κ3) is 6.05. The lowest BCUT2D eigenvalue weighted by atomic mass is 10.2. The summed E-state index contributed by atoms with van der Waals surface area (Å²) in [7, 11) is 0. The molecule has 2 heteroatoms. The fourth-order valence-electron chi connectivity index (χ4n) is 1.85. The maximum absolute atomic E-state index is 5.41. The fraction of sp³-hybridized carbons (Fsp3) is 0.353. The quantitative estimate of drug-likeness (QED) is 0.532. The number of hydrogen-bond donors (Lipinski definition) is 0. The van der Waals surface area contributed by atoms with E-state index in [4.69, 9.17) is 4.74 Å². The molecule has 0 radical (unpaired) electrons. The van der Waals surface area contributed by atoms with E-state index in [0.29, 0.717) is 6.61 Å². The Balaban J connectivity index is 2.81. The molecule has 0 bridgehead atoms. The van der Waals surface area contributed by atoms with Crippen LogP contribution in [0.3, 0.4) is 0 Å². The van der Waals surface area contributed by atoms with E-state index in [0.717, 1.165) is 17.1 Å². The van der Waals surface area contributed by atoms with Crippen molar-refractivity contribution in [2.24, 2.45) is 4.99 Å². The second kappa shape index (κ2) is 7.57. The zero-order valence-electron chi connectivity index (χ0n) is 12.5. The van der Waals surface area contributed by atoms with E-state index in [1.165, 1.54) is 11.1 Å². The lowest BCUT2D eigenvalue weighted by Crippen LogP contribution is -1.90. The molecule has 0 N–H and O–H groups in total. The number of rotatable bonds is 5. The number of nitrogens with zero attached hydrogens (tertiary/aromatic N) is 1. The van der Waals surface area contributed by atoms with Crippen molar-refractivity contribution >= 4 is 11.4 Å². The number of ether oxygens (including phenoxy) is 1. The maximum atomic E-state index is 5.41. The van der Waals surface area contributed by atoms with Crippen molar-refractivity contribution in [3.8, 4) is 5.75 Å². The van der Waals surface area contributed by atoms with Crippen molar-refractivity contribution in [3.63, 3.8) is 0 Å². The van der Waals surface area contributed by atoms with Crippen LogP contribution in [0.25, 0.3) is 0 Å². The molecule has 0 saturated carbocycles. The minimum atomic E-state index is 0.687. The Labute approximate surface area is 116 Å². The molecule has 2 nitrogen and oxygen atoms in total. The molecule has 0 unspecified atom stereocenters. The second-order valence-corrected chi connectivity index (χ2v) is 4.79. The highest BCUT2D eigenvalue weighted by Gasteiger charge is 1.94. The van der Waals surface area contributed by atoms with E-state index in [-0.39, 0.29) is 0 Å². The van der Waals surface area contributed by atoms with Gasteiger partial charge in [0.1, 0.15) is 5.75 Å². The van der Waals surface area contributed by atoms with Crippen LogP contribution in [0.1, 0.15) is 34.6 Å². The van der Waals surface area contributed by atoms with Gasteiger partial charge in [-0.2, -0.15) is 0 Å². The van der Waals surface area contributed by atoms with Crippen molar-refractivity contribution in [1.82, 2.24) is 0 Å². The van der Waals surface area contributed by atoms with Crippen LogP contribution >= 0.6 is 0 Å². The first-order valence-corrected chi connectivity index (χ1v) is 6.62. The number of allylic oxidation sites excluding steroid dienone is 4. The van der Waals surface area contributed by atoms with Crippen molar-refractivity contribution in [1.29, 1.82) is 0 Å². The lowest BCUT2D eigenvalue weighted by Gasteiger charge is -2.02. The summed E-state index contributed by atoms with van der Waals surface area (Å²) in [6.45, 7) is 11.0. The van der Waals surface area contributed by atoms with Crippen molar-refractivity contribution in [2.75, 3.05) is 6.61 Å². The maximum Gasteiger partial charge on any atom is 0.119 e. The van der Waals surface area contributed by atoms with Crippen LogP contribution in [0.2, 0.25) is 0 Å². The van der Waals surface area contributed by atoms with Crippen LogP contribution in [-0.4, -0.2) is 12.3 Å². The van der Waals surface area contributed by atoms with Crippen molar-refractivity contribution in [3.05, 3.63) is 47.6 Å². The highest BCUT2D eigenvalue weighted by atomic mass is 16.5. The van der Waals surface area contributed by atoms with Crippen LogP contribution in [-0.2, 0) is 0 Å². The van der Waals surface area contributed by atoms with Gasteiger partial charge in [-0.3, -0.25) is 4.99 Å². The van der Waals surface area contributed by atoms with Gasteiger partial charge in [0.05, 0.1) is 12.3 Å². The standard InChI is InChI=1S/C17H23NO/c1-6-19-17-9-7-16(8-10-17)18-15(5)12-14(4)11-13(2)3/h7-12H,6H2,1-5H3/b14-12+,18-15+. The molecule has 0 atom stereocenters.